The lowest BCUT2D eigenvalue weighted by Crippen LogP contribution is -2.49. The lowest BCUT2D eigenvalue weighted by Gasteiger charge is -2.36. The zero-order valence-electron chi connectivity index (χ0n) is 12.0. The Balaban J connectivity index is 0.00000288. The maximum atomic E-state index is 13.9. The van der Waals surface area contributed by atoms with E-state index in [0.717, 1.165) is 4.90 Å². The van der Waals surface area contributed by atoms with E-state index in [4.69, 9.17) is 0 Å². The van der Waals surface area contributed by atoms with Gasteiger partial charge in [-0.3, -0.25) is 4.90 Å². The molecule has 0 amide bonds. The lowest BCUT2D eigenvalue weighted by molar-refractivity contribution is -0.274. The van der Waals surface area contributed by atoms with Gasteiger partial charge in [0.2, 0.25) is 0 Å². The molecule has 1 aliphatic heterocycles. The zero-order chi connectivity index (χ0) is 17.3. The monoisotopic (exact) mass is 382 g/mol. The lowest BCUT2D eigenvalue weighted by atomic mass is 10.0. The summed E-state index contributed by atoms with van der Waals surface area (Å²) in [5, 5.41) is 2.85. The molecule has 0 bridgehead atoms. The molecule has 1 saturated heterocycles. The molecule has 1 aromatic rings. The van der Waals surface area contributed by atoms with E-state index in [1.165, 1.54) is 0 Å². The fourth-order valence-electron chi connectivity index (χ4n) is 2.45. The standard InChI is InChI=1S/C13H13F7N2O.ClH/c14-10-2-1-8(23-13(18,19)20)7-9(10)11(12(15,16)17)22-5-3-21-4-6-22;/h1-2,7,11,21H,3-6H2;1H/t11-;/m1./s1. The number of piperazine rings is 1. The molecule has 0 saturated carbocycles. The van der Waals surface area contributed by atoms with Gasteiger partial charge in [-0.15, -0.1) is 25.6 Å². The van der Waals surface area contributed by atoms with Crippen LogP contribution in [0.25, 0.3) is 0 Å². The van der Waals surface area contributed by atoms with Crippen molar-refractivity contribution in [2.24, 2.45) is 0 Å². The van der Waals surface area contributed by atoms with Gasteiger partial charge in [0.25, 0.3) is 0 Å². The molecule has 3 nitrogen and oxygen atoms in total. The largest absolute Gasteiger partial charge is 0.573 e. The van der Waals surface area contributed by atoms with Crippen molar-refractivity contribution in [3.63, 3.8) is 0 Å². The van der Waals surface area contributed by atoms with Crippen molar-refractivity contribution in [1.29, 1.82) is 0 Å². The summed E-state index contributed by atoms with van der Waals surface area (Å²) in [6.07, 6.45) is -9.91. The van der Waals surface area contributed by atoms with Crippen molar-refractivity contribution in [3.8, 4) is 5.75 Å². The summed E-state index contributed by atoms with van der Waals surface area (Å²) in [7, 11) is 0. The van der Waals surface area contributed by atoms with Crippen LogP contribution in [0.3, 0.4) is 0 Å². The van der Waals surface area contributed by atoms with Crippen molar-refractivity contribution in [2.75, 3.05) is 26.2 Å². The summed E-state index contributed by atoms with van der Waals surface area (Å²) in [6, 6.07) is -0.709. The molecule has 24 heavy (non-hydrogen) atoms. The predicted molar refractivity (Wildman–Crippen MR) is 73.6 cm³/mol. The summed E-state index contributed by atoms with van der Waals surface area (Å²) < 4.78 is 94.1. The van der Waals surface area contributed by atoms with E-state index in [0.29, 0.717) is 18.2 Å². The Kier molecular flexibility index (Phi) is 6.71. The maximum absolute atomic E-state index is 13.9. The Morgan fingerprint density at radius 2 is 1.62 bits per heavy atom. The first kappa shape index (κ1) is 20.8. The van der Waals surface area contributed by atoms with Gasteiger partial charge in [0, 0.05) is 31.7 Å². The second-order valence-electron chi connectivity index (χ2n) is 4.96. The van der Waals surface area contributed by atoms with Gasteiger partial charge in [0.1, 0.15) is 17.6 Å². The molecule has 1 N–H and O–H groups in total. The number of benzene rings is 1. The third-order valence-corrected chi connectivity index (χ3v) is 3.32. The number of hydrogen-bond acceptors (Lipinski definition) is 3. The molecular formula is C13H14ClF7N2O. The molecule has 1 aliphatic rings. The molecule has 0 aliphatic carbocycles. The molecule has 1 atom stereocenters. The van der Waals surface area contributed by atoms with Crippen LogP contribution in [0.4, 0.5) is 30.7 Å². The van der Waals surface area contributed by atoms with Crippen LogP contribution in [0.15, 0.2) is 18.2 Å². The average molecular weight is 383 g/mol. The summed E-state index contributed by atoms with van der Waals surface area (Å²) in [4.78, 5) is 0.978. The van der Waals surface area contributed by atoms with Gasteiger partial charge in [-0.2, -0.15) is 13.2 Å². The third-order valence-electron chi connectivity index (χ3n) is 3.32. The first-order valence-electron chi connectivity index (χ1n) is 6.64. The molecule has 2 rings (SSSR count). The topological polar surface area (TPSA) is 24.5 Å². The van der Waals surface area contributed by atoms with Gasteiger partial charge in [-0.1, -0.05) is 0 Å². The number of nitrogens with one attached hydrogen (secondary N) is 1. The van der Waals surface area contributed by atoms with Gasteiger partial charge < -0.3 is 10.1 Å². The van der Waals surface area contributed by atoms with E-state index in [1.54, 1.807) is 0 Å². The second kappa shape index (κ2) is 7.75. The van der Waals surface area contributed by atoms with Crippen molar-refractivity contribution < 1.29 is 35.5 Å². The molecule has 11 heteroatoms. The van der Waals surface area contributed by atoms with E-state index in [-0.39, 0.29) is 38.6 Å². The summed E-state index contributed by atoms with van der Waals surface area (Å²) in [6.45, 7) is 0.530. The average Bonchev–Trinajstić information content (AvgIpc) is 2.41. The fourth-order valence-corrected chi connectivity index (χ4v) is 2.45. The van der Waals surface area contributed by atoms with Crippen molar-refractivity contribution >= 4 is 12.4 Å². The van der Waals surface area contributed by atoms with Crippen LogP contribution in [0.2, 0.25) is 0 Å². The first-order chi connectivity index (χ1) is 10.6. The SMILES string of the molecule is Cl.Fc1ccc(OC(F)(F)F)cc1[C@@H](N1CCNCC1)C(F)(F)F. The number of hydrogen-bond donors (Lipinski definition) is 1. The zero-order valence-corrected chi connectivity index (χ0v) is 12.9. The second-order valence-corrected chi connectivity index (χ2v) is 4.96. The van der Waals surface area contributed by atoms with Gasteiger partial charge in [-0.25, -0.2) is 4.39 Å². The third kappa shape index (κ3) is 5.38. The Labute approximate surface area is 139 Å². The minimum atomic E-state index is -5.07. The summed E-state index contributed by atoms with van der Waals surface area (Å²) in [5.74, 6) is -2.13. The highest BCUT2D eigenvalue weighted by molar-refractivity contribution is 5.85. The highest BCUT2D eigenvalue weighted by atomic mass is 35.5. The van der Waals surface area contributed by atoms with Crippen LogP contribution in [0.1, 0.15) is 11.6 Å². The Hall–Kier alpha value is -1.26. The molecular weight excluding hydrogens is 369 g/mol. The first-order valence-corrected chi connectivity index (χ1v) is 6.64. The number of halogens is 8. The maximum Gasteiger partial charge on any atom is 0.573 e. The predicted octanol–water partition coefficient (Wildman–Crippen LogP) is 3.65. The van der Waals surface area contributed by atoms with E-state index >= 15 is 0 Å². The van der Waals surface area contributed by atoms with Gasteiger partial charge in [0.05, 0.1) is 0 Å². The minimum absolute atomic E-state index is 0. The number of rotatable bonds is 3. The Morgan fingerprint density at radius 3 is 2.12 bits per heavy atom. The van der Waals surface area contributed by atoms with Gasteiger partial charge in [-0.05, 0) is 18.2 Å². The van der Waals surface area contributed by atoms with Crippen LogP contribution >= 0.6 is 12.4 Å². The molecule has 1 aromatic carbocycles. The van der Waals surface area contributed by atoms with Gasteiger partial charge in [0.15, 0.2) is 0 Å². The smallest absolute Gasteiger partial charge is 0.406 e. The Morgan fingerprint density at radius 1 is 1.04 bits per heavy atom. The number of alkyl halides is 6. The Bertz CT molecular complexity index is 544. The quantitative estimate of drug-likeness (QED) is 0.808. The molecule has 1 heterocycles. The fraction of sp³-hybridized carbons (Fsp3) is 0.538. The molecule has 0 radical (unpaired) electrons. The molecule has 1 fully saturated rings. The van der Waals surface area contributed by atoms with Crippen LogP contribution < -0.4 is 10.1 Å². The van der Waals surface area contributed by atoms with Crippen LogP contribution in [-0.4, -0.2) is 43.6 Å². The minimum Gasteiger partial charge on any atom is -0.406 e. The summed E-state index contributed by atoms with van der Waals surface area (Å²) >= 11 is 0. The van der Waals surface area contributed by atoms with Crippen LogP contribution in [0, 0.1) is 5.82 Å². The summed E-state index contributed by atoms with van der Waals surface area (Å²) in [5.41, 5.74) is -0.888. The van der Waals surface area contributed by atoms with Crippen molar-refractivity contribution in [3.05, 3.63) is 29.6 Å². The van der Waals surface area contributed by atoms with Crippen molar-refractivity contribution in [2.45, 2.75) is 18.6 Å². The van der Waals surface area contributed by atoms with E-state index in [2.05, 4.69) is 10.1 Å². The number of nitrogens with zero attached hydrogens (tertiary/aromatic N) is 1. The van der Waals surface area contributed by atoms with Crippen LogP contribution in [-0.2, 0) is 0 Å². The van der Waals surface area contributed by atoms with E-state index in [1.807, 2.05) is 0 Å². The van der Waals surface area contributed by atoms with E-state index < -0.39 is 35.7 Å². The molecule has 0 spiro atoms. The molecule has 0 aromatic heterocycles. The molecule has 0 unspecified atom stereocenters. The number of ether oxygens (including phenoxy) is 1. The molecule has 138 valence electrons. The van der Waals surface area contributed by atoms with Crippen molar-refractivity contribution in [1.82, 2.24) is 10.2 Å². The van der Waals surface area contributed by atoms with Gasteiger partial charge >= 0.3 is 12.5 Å². The highest BCUT2D eigenvalue weighted by Gasteiger charge is 2.46. The normalized spacial score (nSPS) is 18.0. The van der Waals surface area contributed by atoms with E-state index in [9.17, 15) is 30.7 Å². The highest BCUT2D eigenvalue weighted by Crippen LogP contribution is 2.40. The van der Waals surface area contributed by atoms with Crippen LogP contribution in [0.5, 0.6) is 5.75 Å².